The van der Waals surface area contributed by atoms with Crippen LogP contribution in [-0.4, -0.2) is 53.6 Å². The number of rotatable bonds is 9. The summed E-state index contributed by atoms with van der Waals surface area (Å²) in [6, 6.07) is 15.6. The Morgan fingerprint density at radius 3 is 2.60 bits per heavy atom. The molecule has 0 radical (unpaired) electrons. The van der Waals surface area contributed by atoms with Crippen molar-refractivity contribution in [3.05, 3.63) is 78.7 Å². The highest BCUT2D eigenvalue weighted by Crippen LogP contribution is 2.29. The van der Waals surface area contributed by atoms with Crippen molar-refractivity contribution in [2.45, 2.75) is 18.6 Å². The fourth-order valence-corrected chi connectivity index (χ4v) is 5.43. The van der Waals surface area contributed by atoms with Gasteiger partial charge in [0.1, 0.15) is 11.6 Å². The summed E-state index contributed by atoms with van der Waals surface area (Å²) in [5.74, 6) is 2.54. The Morgan fingerprint density at radius 2 is 1.88 bits per heavy atom. The normalized spacial score (nSPS) is 15.9. The Morgan fingerprint density at radius 1 is 1.10 bits per heavy atom. The molecule has 2 unspecified atom stereocenters. The van der Waals surface area contributed by atoms with E-state index in [-0.39, 0.29) is 5.92 Å². The van der Waals surface area contributed by atoms with Crippen molar-refractivity contribution in [2.75, 3.05) is 35.9 Å². The average molecular weight is 560 g/mol. The molecule has 0 aliphatic heterocycles. The van der Waals surface area contributed by atoms with Crippen molar-refractivity contribution >= 4 is 50.0 Å². The number of nitrogens with one attached hydrogen (secondary N) is 2. The van der Waals surface area contributed by atoms with Crippen molar-refractivity contribution in [2.24, 2.45) is 13.0 Å². The minimum Gasteiger partial charge on any atom is -0.497 e. The highest BCUT2D eigenvalue weighted by atomic mass is 32.2. The molecule has 2 atom stereocenters. The number of imidazole rings is 1. The number of anilines is 5. The molecule has 208 valence electrons. The molecule has 0 spiro atoms. The van der Waals surface area contributed by atoms with Crippen LogP contribution >= 0.6 is 0 Å². The van der Waals surface area contributed by atoms with Crippen LogP contribution in [0.25, 0.3) is 11.0 Å². The summed E-state index contributed by atoms with van der Waals surface area (Å²) in [5.41, 5.74) is 4.45. The summed E-state index contributed by atoms with van der Waals surface area (Å²) in [6.45, 7) is 1.75. The van der Waals surface area contributed by atoms with Crippen LogP contribution in [0.3, 0.4) is 0 Å². The summed E-state index contributed by atoms with van der Waals surface area (Å²) >= 11 is 0. The van der Waals surface area contributed by atoms with Crippen LogP contribution in [0.15, 0.2) is 78.7 Å². The highest BCUT2D eigenvalue weighted by Gasteiger charge is 2.25. The summed E-state index contributed by atoms with van der Waals surface area (Å²) in [5, 5.41) is 6.13. The minimum absolute atomic E-state index is 0.109. The van der Waals surface area contributed by atoms with Crippen molar-refractivity contribution in [3.8, 4) is 5.75 Å². The molecule has 10 nitrogen and oxygen atoms in total. The number of ether oxygens (including phenoxy) is 1. The van der Waals surface area contributed by atoms with Crippen molar-refractivity contribution in [1.29, 1.82) is 0 Å². The van der Waals surface area contributed by atoms with Gasteiger partial charge in [-0.15, -0.1) is 0 Å². The zero-order chi connectivity index (χ0) is 28.4. The van der Waals surface area contributed by atoms with E-state index in [0.717, 1.165) is 39.8 Å². The van der Waals surface area contributed by atoms with Crippen LogP contribution in [0, 0.1) is 5.92 Å². The molecular weight excluding hydrogens is 526 g/mol. The third kappa shape index (κ3) is 5.79. The van der Waals surface area contributed by atoms with Gasteiger partial charge in [-0.2, -0.15) is 4.98 Å². The first kappa shape index (κ1) is 27.2. The molecule has 11 heteroatoms. The van der Waals surface area contributed by atoms with Gasteiger partial charge in [0.2, 0.25) is 11.9 Å². The SMILES string of the molecule is COc1ccc(Nc2nc3cc(N(C)c4ccnc(NC5=CC(C(C)S(C)(=O)=O)CC=C5)n4)ccc3n2C)cc1. The van der Waals surface area contributed by atoms with E-state index in [4.69, 9.17) is 14.7 Å². The standard InChI is InChI=1S/C29H33N7O3S/c1-19(40(5,37)38)20-7-6-8-22(17-20)31-28-30-16-15-27(34-28)35(2)23-11-14-26-25(18-23)33-29(36(26)3)32-21-9-12-24(39-4)13-10-21/h6,8-20H,7H2,1-5H3,(H,32,33)(H,30,31,34). The van der Waals surface area contributed by atoms with Gasteiger partial charge in [0.15, 0.2) is 9.84 Å². The molecule has 2 aromatic carbocycles. The van der Waals surface area contributed by atoms with Gasteiger partial charge >= 0.3 is 0 Å². The number of benzene rings is 2. The van der Waals surface area contributed by atoms with Gasteiger partial charge < -0.3 is 24.8 Å². The maximum Gasteiger partial charge on any atom is 0.229 e. The number of aryl methyl sites for hydroxylation is 1. The predicted molar refractivity (Wildman–Crippen MR) is 160 cm³/mol. The van der Waals surface area contributed by atoms with E-state index in [1.54, 1.807) is 20.2 Å². The Labute approximate surface area is 234 Å². The van der Waals surface area contributed by atoms with Crippen LogP contribution in [-0.2, 0) is 16.9 Å². The van der Waals surface area contributed by atoms with E-state index >= 15 is 0 Å². The fourth-order valence-electron chi connectivity index (χ4n) is 4.60. The number of sulfone groups is 1. The smallest absolute Gasteiger partial charge is 0.229 e. The van der Waals surface area contributed by atoms with Gasteiger partial charge in [-0.3, -0.25) is 0 Å². The molecule has 2 aromatic heterocycles. The highest BCUT2D eigenvalue weighted by molar-refractivity contribution is 7.91. The molecule has 0 fully saturated rings. The summed E-state index contributed by atoms with van der Waals surface area (Å²) in [4.78, 5) is 15.8. The Hall–Kier alpha value is -4.38. The van der Waals surface area contributed by atoms with E-state index < -0.39 is 15.1 Å². The minimum atomic E-state index is -3.14. The number of aromatic nitrogens is 4. The average Bonchev–Trinajstić information content (AvgIpc) is 3.26. The summed E-state index contributed by atoms with van der Waals surface area (Å²) in [6.07, 6.45) is 9.50. The second-order valence-electron chi connectivity index (χ2n) is 9.90. The maximum atomic E-state index is 12.0. The lowest BCUT2D eigenvalue weighted by molar-refractivity contribution is 0.415. The molecule has 0 saturated carbocycles. The first-order chi connectivity index (χ1) is 19.1. The molecule has 5 rings (SSSR count). The number of nitrogens with zero attached hydrogens (tertiary/aromatic N) is 5. The lowest BCUT2D eigenvalue weighted by Crippen LogP contribution is -2.26. The molecule has 2 N–H and O–H groups in total. The second-order valence-corrected chi connectivity index (χ2v) is 12.3. The van der Waals surface area contributed by atoms with Crippen molar-refractivity contribution in [3.63, 3.8) is 0 Å². The summed E-state index contributed by atoms with van der Waals surface area (Å²) in [7, 11) is 2.42. The zero-order valence-electron chi connectivity index (χ0n) is 23.2. The van der Waals surface area contributed by atoms with Crippen LogP contribution in [0.2, 0.25) is 0 Å². The molecular formula is C29H33N7O3S. The maximum absolute atomic E-state index is 12.0. The third-order valence-electron chi connectivity index (χ3n) is 7.22. The predicted octanol–water partition coefficient (Wildman–Crippen LogP) is 5.19. The number of methoxy groups -OCH3 is 1. The number of hydrogen-bond donors (Lipinski definition) is 2. The van der Waals surface area contributed by atoms with E-state index in [0.29, 0.717) is 18.2 Å². The van der Waals surface area contributed by atoms with E-state index in [1.807, 2.05) is 90.3 Å². The molecule has 4 aromatic rings. The lowest BCUT2D eigenvalue weighted by atomic mass is 9.96. The number of hydrogen-bond acceptors (Lipinski definition) is 9. The van der Waals surface area contributed by atoms with Gasteiger partial charge in [-0.1, -0.05) is 12.2 Å². The first-order valence-electron chi connectivity index (χ1n) is 12.9. The first-order valence-corrected chi connectivity index (χ1v) is 14.9. The molecule has 0 saturated heterocycles. The Kier molecular flexibility index (Phi) is 7.49. The Balaban J connectivity index is 1.34. The lowest BCUT2D eigenvalue weighted by Gasteiger charge is -2.22. The van der Waals surface area contributed by atoms with Crippen molar-refractivity contribution < 1.29 is 13.2 Å². The number of allylic oxidation sites excluding steroid dienone is 3. The largest absolute Gasteiger partial charge is 0.497 e. The zero-order valence-corrected chi connectivity index (χ0v) is 24.0. The molecule has 0 bridgehead atoms. The van der Waals surface area contributed by atoms with E-state index in [1.165, 1.54) is 6.26 Å². The topological polar surface area (TPSA) is 114 Å². The monoisotopic (exact) mass is 559 g/mol. The fraction of sp³-hybridized carbons (Fsp3) is 0.276. The van der Waals surface area contributed by atoms with E-state index in [9.17, 15) is 8.42 Å². The molecule has 1 aliphatic carbocycles. The van der Waals surface area contributed by atoms with Gasteiger partial charge in [-0.05, 0) is 73.9 Å². The number of fused-ring (bicyclic) bond motifs is 1. The molecule has 0 amide bonds. The van der Waals surface area contributed by atoms with Crippen LogP contribution in [0.1, 0.15) is 13.3 Å². The van der Waals surface area contributed by atoms with Gasteiger partial charge in [0.25, 0.3) is 0 Å². The van der Waals surface area contributed by atoms with Crippen LogP contribution in [0.4, 0.5) is 29.1 Å². The quantitative estimate of drug-likeness (QED) is 0.286. The van der Waals surface area contributed by atoms with Crippen LogP contribution < -0.4 is 20.3 Å². The second kappa shape index (κ2) is 11.0. The van der Waals surface area contributed by atoms with Gasteiger partial charge in [0.05, 0.1) is 23.4 Å². The molecule has 40 heavy (non-hydrogen) atoms. The van der Waals surface area contributed by atoms with Crippen molar-refractivity contribution in [1.82, 2.24) is 19.5 Å². The van der Waals surface area contributed by atoms with Gasteiger partial charge in [-0.25, -0.2) is 18.4 Å². The third-order valence-corrected chi connectivity index (χ3v) is 8.92. The molecule has 1 aliphatic rings. The molecule has 2 heterocycles. The Bertz CT molecular complexity index is 1690. The summed E-state index contributed by atoms with van der Waals surface area (Å²) < 4.78 is 31.3. The van der Waals surface area contributed by atoms with E-state index in [2.05, 4.69) is 15.6 Å². The van der Waals surface area contributed by atoms with Crippen LogP contribution in [0.5, 0.6) is 5.75 Å². The van der Waals surface area contributed by atoms with Gasteiger partial charge in [0, 0.05) is 43.6 Å².